The highest BCUT2D eigenvalue weighted by Crippen LogP contribution is 2.28. The molecule has 5 nitrogen and oxygen atoms in total. The SMILES string of the molecule is COc1ccc(C(=O)N2CCC(=O)C2)cc1OC. The molecule has 1 fully saturated rings. The van der Waals surface area contributed by atoms with E-state index in [4.69, 9.17) is 9.47 Å². The molecule has 2 rings (SSSR count). The normalized spacial score (nSPS) is 14.8. The second-order valence-corrected chi connectivity index (χ2v) is 4.09. The number of hydrogen-bond donors (Lipinski definition) is 0. The van der Waals surface area contributed by atoms with Crippen molar-refractivity contribution in [1.82, 2.24) is 4.90 Å². The molecule has 0 N–H and O–H groups in total. The first-order chi connectivity index (χ1) is 8.65. The van der Waals surface area contributed by atoms with Crippen LogP contribution in [0, 0.1) is 0 Å². The number of carbonyl (C=O) groups excluding carboxylic acids is 2. The van der Waals surface area contributed by atoms with Crippen molar-refractivity contribution in [3.63, 3.8) is 0 Å². The number of methoxy groups -OCH3 is 2. The van der Waals surface area contributed by atoms with Crippen molar-refractivity contribution < 1.29 is 19.1 Å². The third kappa shape index (κ3) is 2.30. The smallest absolute Gasteiger partial charge is 0.254 e. The summed E-state index contributed by atoms with van der Waals surface area (Å²) >= 11 is 0. The highest BCUT2D eigenvalue weighted by Gasteiger charge is 2.25. The van der Waals surface area contributed by atoms with Gasteiger partial charge in [0.15, 0.2) is 17.3 Å². The number of nitrogens with zero attached hydrogens (tertiary/aromatic N) is 1. The van der Waals surface area contributed by atoms with Crippen LogP contribution in [0.3, 0.4) is 0 Å². The summed E-state index contributed by atoms with van der Waals surface area (Å²) < 4.78 is 10.3. The summed E-state index contributed by atoms with van der Waals surface area (Å²) in [4.78, 5) is 24.9. The number of ketones is 1. The largest absolute Gasteiger partial charge is 0.493 e. The number of Topliss-reactive ketones (excluding diaryl/α,β-unsaturated/α-hetero) is 1. The van der Waals surface area contributed by atoms with Gasteiger partial charge in [-0.1, -0.05) is 0 Å². The zero-order chi connectivity index (χ0) is 13.1. The molecule has 0 atom stereocenters. The molecule has 0 aromatic heterocycles. The van der Waals surface area contributed by atoms with Gasteiger partial charge < -0.3 is 14.4 Å². The van der Waals surface area contributed by atoms with E-state index in [0.29, 0.717) is 30.0 Å². The first-order valence-electron chi connectivity index (χ1n) is 5.68. The molecule has 1 aromatic rings. The number of ether oxygens (including phenoxy) is 2. The van der Waals surface area contributed by atoms with Crippen molar-refractivity contribution in [1.29, 1.82) is 0 Å². The minimum atomic E-state index is -0.151. The van der Waals surface area contributed by atoms with Crippen LogP contribution in [0.25, 0.3) is 0 Å². The molecule has 0 saturated carbocycles. The summed E-state index contributed by atoms with van der Waals surface area (Å²) in [7, 11) is 3.06. The van der Waals surface area contributed by atoms with Crippen LogP contribution in [0.1, 0.15) is 16.8 Å². The number of likely N-dealkylation sites (tertiary alicyclic amines) is 1. The molecule has 1 amide bonds. The Morgan fingerprint density at radius 1 is 1.22 bits per heavy atom. The molecular weight excluding hydrogens is 234 g/mol. The molecule has 0 radical (unpaired) electrons. The average Bonchev–Trinajstić information content (AvgIpc) is 2.83. The van der Waals surface area contributed by atoms with Crippen LogP contribution in [0.5, 0.6) is 11.5 Å². The van der Waals surface area contributed by atoms with E-state index >= 15 is 0 Å². The first-order valence-corrected chi connectivity index (χ1v) is 5.68. The highest BCUT2D eigenvalue weighted by atomic mass is 16.5. The predicted octanol–water partition coefficient (Wildman–Crippen LogP) is 1.12. The maximum Gasteiger partial charge on any atom is 0.254 e. The lowest BCUT2D eigenvalue weighted by Gasteiger charge is -2.15. The highest BCUT2D eigenvalue weighted by molar-refractivity contribution is 5.99. The number of hydrogen-bond acceptors (Lipinski definition) is 4. The molecule has 1 aromatic carbocycles. The van der Waals surface area contributed by atoms with Gasteiger partial charge in [0.25, 0.3) is 5.91 Å². The summed E-state index contributed by atoms with van der Waals surface area (Å²) in [6, 6.07) is 4.99. The van der Waals surface area contributed by atoms with Gasteiger partial charge >= 0.3 is 0 Å². The van der Waals surface area contributed by atoms with Crippen LogP contribution in [0.15, 0.2) is 18.2 Å². The first kappa shape index (κ1) is 12.4. The Hall–Kier alpha value is -2.04. The van der Waals surface area contributed by atoms with E-state index in [9.17, 15) is 9.59 Å². The monoisotopic (exact) mass is 249 g/mol. The Morgan fingerprint density at radius 3 is 2.50 bits per heavy atom. The van der Waals surface area contributed by atoms with Gasteiger partial charge in [0.05, 0.1) is 20.8 Å². The number of amides is 1. The van der Waals surface area contributed by atoms with Crippen molar-refractivity contribution in [2.24, 2.45) is 0 Å². The van der Waals surface area contributed by atoms with Crippen molar-refractivity contribution in [2.75, 3.05) is 27.3 Å². The summed E-state index contributed by atoms with van der Waals surface area (Å²) in [5.74, 6) is 1.03. The fourth-order valence-corrected chi connectivity index (χ4v) is 1.96. The molecule has 1 aliphatic rings. The minimum Gasteiger partial charge on any atom is -0.493 e. The average molecular weight is 249 g/mol. The maximum absolute atomic E-state index is 12.1. The molecule has 1 aliphatic heterocycles. The van der Waals surface area contributed by atoms with E-state index < -0.39 is 0 Å². The van der Waals surface area contributed by atoms with Crippen LogP contribution in [-0.2, 0) is 4.79 Å². The van der Waals surface area contributed by atoms with Crippen LogP contribution in [0.4, 0.5) is 0 Å². The van der Waals surface area contributed by atoms with Crippen molar-refractivity contribution in [3.05, 3.63) is 23.8 Å². The van der Waals surface area contributed by atoms with E-state index in [1.54, 1.807) is 30.2 Å². The van der Waals surface area contributed by atoms with E-state index in [1.165, 1.54) is 7.11 Å². The van der Waals surface area contributed by atoms with Gasteiger partial charge in [0.2, 0.25) is 0 Å². The number of rotatable bonds is 3. The van der Waals surface area contributed by atoms with Crippen LogP contribution in [0.2, 0.25) is 0 Å². The third-order valence-electron chi connectivity index (χ3n) is 2.95. The van der Waals surface area contributed by atoms with Gasteiger partial charge in [0, 0.05) is 18.5 Å². The van der Waals surface area contributed by atoms with E-state index in [1.807, 2.05) is 0 Å². The number of benzene rings is 1. The second kappa shape index (κ2) is 5.08. The topological polar surface area (TPSA) is 55.8 Å². The van der Waals surface area contributed by atoms with Crippen LogP contribution in [-0.4, -0.2) is 43.9 Å². The van der Waals surface area contributed by atoms with Crippen molar-refractivity contribution in [2.45, 2.75) is 6.42 Å². The number of carbonyl (C=O) groups is 2. The Kier molecular flexibility index (Phi) is 3.50. The molecule has 96 valence electrons. The second-order valence-electron chi connectivity index (χ2n) is 4.09. The van der Waals surface area contributed by atoms with Gasteiger partial charge in [0.1, 0.15) is 0 Å². The molecule has 18 heavy (non-hydrogen) atoms. The van der Waals surface area contributed by atoms with Crippen molar-refractivity contribution in [3.8, 4) is 11.5 Å². The van der Waals surface area contributed by atoms with Crippen molar-refractivity contribution >= 4 is 11.7 Å². The Morgan fingerprint density at radius 2 is 1.94 bits per heavy atom. The Balaban J connectivity index is 2.23. The van der Waals surface area contributed by atoms with E-state index in [0.717, 1.165) is 0 Å². The molecule has 1 saturated heterocycles. The lowest BCUT2D eigenvalue weighted by Crippen LogP contribution is -2.28. The van der Waals surface area contributed by atoms with Gasteiger partial charge in [-0.2, -0.15) is 0 Å². The lowest BCUT2D eigenvalue weighted by molar-refractivity contribution is -0.116. The van der Waals surface area contributed by atoms with E-state index in [-0.39, 0.29) is 18.2 Å². The standard InChI is InChI=1S/C13H15NO4/c1-17-11-4-3-9(7-12(11)18-2)13(16)14-6-5-10(15)8-14/h3-4,7H,5-6,8H2,1-2H3. The van der Waals surface area contributed by atoms with Gasteiger partial charge in [-0.3, -0.25) is 9.59 Å². The lowest BCUT2D eigenvalue weighted by atomic mass is 10.2. The maximum atomic E-state index is 12.1. The Labute approximate surface area is 105 Å². The fourth-order valence-electron chi connectivity index (χ4n) is 1.96. The molecule has 0 bridgehead atoms. The zero-order valence-electron chi connectivity index (χ0n) is 10.4. The third-order valence-corrected chi connectivity index (χ3v) is 2.95. The molecule has 0 aliphatic carbocycles. The van der Waals surface area contributed by atoms with Gasteiger partial charge in [-0.05, 0) is 18.2 Å². The van der Waals surface area contributed by atoms with Gasteiger partial charge in [-0.25, -0.2) is 0 Å². The Bertz CT molecular complexity index is 484. The fraction of sp³-hybridized carbons (Fsp3) is 0.385. The summed E-state index contributed by atoms with van der Waals surface area (Å²) in [5, 5.41) is 0. The molecular formula is C13H15NO4. The minimum absolute atomic E-state index is 0.101. The van der Waals surface area contributed by atoms with Gasteiger partial charge in [-0.15, -0.1) is 0 Å². The van der Waals surface area contributed by atoms with E-state index in [2.05, 4.69) is 0 Å². The molecule has 0 spiro atoms. The van der Waals surface area contributed by atoms with Crippen LogP contribution < -0.4 is 9.47 Å². The molecule has 0 unspecified atom stereocenters. The zero-order valence-corrected chi connectivity index (χ0v) is 10.4. The predicted molar refractivity (Wildman–Crippen MR) is 65.1 cm³/mol. The summed E-state index contributed by atoms with van der Waals surface area (Å²) in [6.45, 7) is 0.694. The molecule has 5 heteroatoms. The quantitative estimate of drug-likeness (QED) is 0.805. The summed E-state index contributed by atoms with van der Waals surface area (Å²) in [5.41, 5.74) is 0.502. The van der Waals surface area contributed by atoms with Crippen LogP contribution >= 0.6 is 0 Å². The summed E-state index contributed by atoms with van der Waals surface area (Å²) in [6.07, 6.45) is 0.443. The molecule has 1 heterocycles.